The van der Waals surface area contributed by atoms with Crippen LogP contribution in [0.25, 0.3) is 0 Å². The molecule has 0 radical (unpaired) electrons. The Hall–Kier alpha value is -2.07. The third-order valence-corrected chi connectivity index (χ3v) is 3.32. The zero-order chi connectivity index (χ0) is 14.6. The lowest BCUT2D eigenvalue weighted by Gasteiger charge is -2.31. The third-order valence-electron chi connectivity index (χ3n) is 3.32. The maximum absolute atomic E-state index is 13.0. The predicted octanol–water partition coefficient (Wildman–Crippen LogP) is 3.15. The normalized spacial score (nSPS) is 13.6. The summed E-state index contributed by atoms with van der Waals surface area (Å²) < 4.78 is 18.3. The van der Waals surface area contributed by atoms with E-state index in [1.807, 2.05) is 31.2 Å². The highest BCUT2D eigenvalue weighted by atomic mass is 19.1. The van der Waals surface area contributed by atoms with Crippen molar-refractivity contribution in [2.24, 2.45) is 0 Å². The quantitative estimate of drug-likeness (QED) is 0.880. The molecule has 0 bridgehead atoms. The molecule has 0 aliphatic rings. The van der Waals surface area contributed by atoms with Crippen molar-refractivity contribution in [2.45, 2.75) is 12.5 Å². The van der Waals surface area contributed by atoms with Gasteiger partial charge in [-0.1, -0.05) is 24.3 Å². The second kappa shape index (κ2) is 5.92. The Kier molecular flexibility index (Phi) is 4.25. The Morgan fingerprint density at radius 2 is 1.80 bits per heavy atom. The zero-order valence-electron chi connectivity index (χ0n) is 11.6. The van der Waals surface area contributed by atoms with E-state index in [-0.39, 0.29) is 12.4 Å². The molecule has 1 unspecified atom stereocenters. The number of aliphatic hydroxyl groups excluding tert-OH is 1. The summed E-state index contributed by atoms with van der Waals surface area (Å²) in [6.45, 7) is 1.73. The Labute approximate surface area is 118 Å². The second-order valence-corrected chi connectivity index (χ2v) is 4.82. The van der Waals surface area contributed by atoms with Gasteiger partial charge in [0.15, 0.2) is 0 Å². The summed E-state index contributed by atoms with van der Waals surface area (Å²) in [7, 11) is 1.59. The molecule has 0 saturated carbocycles. The highest BCUT2D eigenvalue weighted by Crippen LogP contribution is 2.31. The van der Waals surface area contributed by atoms with Gasteiger partial charge < -0.3 is 15.2 Å². The fraction of sp³-hybridized carbons (Fsp3) is 0.250. The van der Waals surface area contributed by atoms with Gasteiger partial charge in [0.25, 0.3) is 0 Å². The van der Waals surface area contributed by atoms with Crippen LogP contribution in [0.3, 0.4) is 0 Å². The molecule has 0 fully saturated rings. The SMILES string of the molecule is COc1ccccc1NC(C)(CO)c1ccc(F)cc1. The van der Waals surface area contributed by atoms with E-state index in [2.05, 4.69) is 5.32 Å². The highest BCUT2D eigenvalue weighted by molar-refractivity contribution is 5.58. The number of para-hydroxylation sites is 2. The molecule has 4 heteroatoms. The summed E-state index contributed by atoms with van der Waals surface area (Å²) in [5.41, 5.74) is 0.852. The largest absolute Gasteiger partial charge is 0.495 e. The number of rotatable bonds is 5. The first-order valence-corrected chi connectivity index (χ1v) is 6.37. The molecule has 1 atom stereocenters. The second-order valence-electron chi connectivity index (χ2n) is 4.82. The van der Waals surface area contributed by atoms with Gasteiger partial charge in [-0.25, -0.2) is 4.39 Å². The highest BCUT2D eigenvalue weighted by Gasteiger charge is 2.26. The van der Waals surface area contributed by atoms with E-state index < -0.39 is 5.54 Å². The zero-order valence-corrected chi connectivity index (χ0v) is 11.6. The molecule has 0 aliphatic heterocycles. The molecular formula is C16H18FNO2. The van der Waals surface area contributed by atoms with Gasteiger partial charge in [-0.15, -0.1) is 0 Å². The number of hydrogen-bond acceptors (Lipinski definition) is 3. The first-order valence-electron chi connectivity index (χ1n) is 6.37. The molecule has 0 heterocycles. The summed E-state index contributed by atoms with van der Waals surface area (Å²) >= 11 is 0. The van der Waals surface area contributed by atoms with Crippen molar-refractivity contribution in [3.8, 4) is 5.75 Å². The van der Waals surface area contributed by atoms with Gasteiger partial charge in [0, 0.05) is 0 Å². The van der Waals surface area contributed by atoms with Gasteiger partial charge in [0.1, 0.15) is 11.6 Å². The Bertz CT molecular complexity index is 571. The van der Waals surface area contributed by atoms with Gasteiger partial charge in [-0.2, -0.15) is 0 Å². The summed E-state index contributed by atoms with van der Waals surface area (Å²) in [5.74, 6) is 0.389. The molecule has 2 aromatic carbocycles. The fourth-order valence-corrected chi connectivity index (χ4v) is 2.07. The van der Waals surface area contributed by atoms with E-state index in [1.54, 1.807) is 19.2 Å². The minimum absolute atomic E-state index is 0.128. The molecule has 2 N–H and O–H groups in total. The lowest BCUT2D eigenvalue weighted by atomic mass is 9.92. The summed E-state index contributed by atoms with van der Waals surface area (Å²) in [6.07, 6.45) is 0. The maximum Gasteiger partial charge on any atom is 0.141 e. The fourth-order valence-electron chi connectivity index (χ4n) is 2.07. The van der Waals surface area contributed by atoms with Gasteiger partial charge in [-0.3, -0.25) is 0 Å². The molecule has 0 spiro atoms. The Morgan fingerprint density at radius 3 is 2.40 bits per heavy atom. The molecule has 0 saturated heterocycles. The summed E-state index contributed by atoms with van der Waals surface area (Å²) in [6, 6.07) is 13.6. The van der Waals surface area contributed by atoms with Gasteiger partial charge >= 0.3 is 0 Å². The van der Waals surface area contributed by atoms with Crippen molar-refractivity contribution in [3.05, 3.63) is 59.9 Å². The molecule has 20 heavy (non-hydrogen) atoms. The lowest BCUT2D eigenvalue weighted by Crippen LogP contribution is -2.36. The van der Waals surface area contributed by atoms with Crippen LogP contribution in [0, 0.1) is 5.82 Å². The van der Waals surface area contributed by atoms with Gasteiger partial charge in [-0.05, 0) is 36.8 Å². The van der Waals surface area contributed by atoms with Crippen molar-refractivity contribution in [1.29, 1.82) is 0 Å². The molecule has 0 aromatic heterocycles. The standard InChI is InChI=1S/C16H18FNO2/c1-16(11-19,12-7-9-13(17)10-8-12)18-14-5-3-4-6-15(14)20-2/h3-10,18-19H,11H2,1-2H3. The van der Waals surface area contributed by atoms with Crippen LogP contribution in [0.1, 0.15) is 12.5 Å². The molecule has 0 aliphatic carbocycles. The number of aliphatic hydroxyl groups is 1. The maximum atomic E-state index is 13.0. The average Bonchev–Trinajstić information content (AvgIpc) is 2.48. The third kappa shape index (κ3) is 2.91. The summed E-state index contributed by atoms with van der Waals surface area (Å²) in [4.78, 5) is 0. The molecule has 2 rings (SSSR count). The van der Waals surface area contributed by atoms with Crippen LogP contribution in [0.15, 0.2) is 48.5 Å². The van der Waals surface area contributed by atoms with E-state index >= 15 is 0 Å². The van der Waals surface area contributed by atoms with E-state index in [9.17, 15) is 9.50 Å². The smallest absolute Gasteiger partial charge is 0.141 e. The molecule has 0 amide bonds. The number of nitrogens with one attached hydrogen (secondary N) is 1. The van der Waals surface area contributed by atoms with Crippen LogP contribution in [0.2, 0.25) is 0 Å². The number of methoxy groups -OCH3 is 1. The number of hydrogen-bond donors (Lipinski definition) is 2. The number of anilines is 1. The van der Waals surface area contributed by atoms with Crippen molar-refractivity contribution in [2.75, 3.05) is 19.0 Å². The van der Waals surface area contributed by atoms with Crippen molar-refractivity contribution in [1.82, 2.24) is 0 Å². The van der Waals surface area contributed by atoms with E-state index in [0.29, 0.717) is 5.75 Å². The number of benzene rings is 2. The molecule has 2 aromatic rings. The van der Waals surface area contributed by atoms with Crippen LogP contribution >= 0.6 is 0 Å². The Morgan fingerprint density at radius 1 is 1.15 bits per heavy atom. The van der Waals surface area contributed by atoms with E-state index in [0.717, 1.165) is 11.3 Å². The Balaban J connectivity index is 2.34. The minimum Gasteiger partial charge on any atom is -0.495 e. The van der Waals surface area contributed by atoms with Crippen molar-refractivity contribution >= 4 is 5.69 Å². The minimum atomic E-state index is -0.720. The van der Waals surface area contributed by atoms with Crippen LogP contribution in [-0.4, -0.2) is 18.8 Å². The molecular weight excluding hydrogens is 257 g/mol. The lowest BCUT2D eigenvalue weighted by molar-refractivity contribution is 0.223. The molecule has 106 valence electrons. The first kappa shape index (κ1) is 14.3. The van der Waals surface area contributed by atoms with Crippen LogP contribution in [-0.2, 0) is 5.54 Å². The topological polar surface area (TPSA) is 41.5 Å². The molecule has 3 nitrogen and oxygen atoms in total. The number of ether oxygens (including phenoxy) is 1. The monoisotopic (exact) mass is 275 g/mol. The first-order chi connectivity index (χ1) is 9.59. The van der Waals surface area contributed by atoms with Gasteiger partial charge in [0.2, 0.25) is 0 Å². The van der Waals surface area contributed by atoms with E-state index in [1.165, 1.54) is 12.1 Å². The van der Waals surface area contributed by atoms with Crippen LogP contribution in [0.5, 0.6) is 5.75 Å². The average molecular weight is 275 g/mol. The van der Waals surface area contributed by atoms with Crippen molar-refractivity contribution < 1.29 is 14.2 Å². The van der Waals surface area contributed by atoms with Gasteiger partial charge in [0.05, 0.1) is 24.9 Å². The predicted molar refractivity (Wildman–Crippen MR) is 77.5 cm³/mol. The van der Waals surface area contributed by atoms with E-state index in [4.69, 9.17) is 4.74 Å². The van der Waals surface area contributed by atoms with Crippen LogP contribution in [0.4, 0.5) is 10.1 Å². The number of halogens is 1. The summed E-state index contributed by atoms with van der Waals surface area (Å²) in [5, 5.41) is 13.0. The van der Waals surface area contributed by atoms with Crippen molar-refractivity contribution in [3.63, 3.8) is 0 Å². The van der Waals surface area contributed by atoms with Crippen LogP contribution < -0.4 is 10.1 Å².